The van der Waals surface area contributed by atoms with Gasteiger partial charge in [-0.05, 0) is 36.5 Å². The Morgan fingerprint density at radius 3 is 2.16 bits per heavy atom. The van der Waals surface area contributed by atoms with Crippen LogP contribution >= 0.6 is 12.2 Å². The van der Waals surface area contributed by atoms with Gasteiger partial charge in [0.1, 0.15) is 5.82 Å². The molecule has 0 atom stereocenters. The van der Waals surface area contributed by atoms with Crippen molar-refractivity contribution in [1.29, 1.82) is 0 Å². The smallest absolute Gasteiger partial charge is 0.321 e. The maximum Gasteiger partial charge on any atom is 0.321 e. The Hall–Kier alpha value is -2.67. The highest BCUT2D eigenvalue weighted by atomic mass is 32.1. The molecular formula is C18H19FN4OS. The first-order valence-electron chi connectivity index (χ1n) is 8.05. The number of thiocarbonyl (C=S) groups is 1. The molecule has 130 valence electrons. The number of piperazine rings is 1. The molecule has 5 nitrogen and oxygen atoms in total. The van der Waals surface area contributed by atoms with Crippen LogP contribution in [-0.4, -0.2) is 47.1 Å². The fourth-order valence-electron chi connectivity index (χ4n) is 2.59. The highest BCUT2D eigenvalue weighted by Gasteiger charge is 2.22. The first kappa shape index (κ1) is 17.2. The number of nitrogens with zero attached hydrogens (tertiary/aromatic N) is 2. The summed E-state index contributed by atoms with van der Waals surface area (Å²) in [5.74, 6) is -0.342. The number of carbonyl (C=O) groups is 1. The monoisotopic (exact) mass is 358 g/mol. The van der Waals surface area contributed by atoms with Gasteiger partial charge >= 0.3 is 6.03 Å². The molecule has 1 aliphatic heterocycles. The van der Waals surface area contributed by atoms with Crippen molar-refractivity contribution < 1.29 is 9.18 Å². The molecule has 2 aromatic carbocycles. The normalized spacial score (nSPS) is 14.1. The van der Waals surface area contributed by atoms with E-state index in [0.29, 0.717) is 37.0 Å². The van der Waals surface area contributed by atoms with E-state index < -0.39 is 0 Å². The number of hydrogen-bond acceptors (Lipinski definition) is 2. The largest absolute Gasteiger partial charge is 0.345 e. The molecule has 0 aromatic heterocycles. The Bertz CT molecular complexity index is 748. The fourth-order valence-corrected chi connectivity index (χ4v) is 2.89. The molecule has 1 fully saturated rings. The van der Waals surface area contributed by atoms with Crippen LogP contribution in [0.2, 0.25) is 0 Å². The molecule has 3 rings (SSSR count). The van der Waals surface area contributed by atoms with E-state index in [4.69, 9.17) is 12.2 Å². The molecular weight excluding hydrogens is 339 g/mol. The van der Waals surface area contributed by atoms with Crippen LogP contribution in [0.3, 0.4) is 0 Å². The number of rotatable bonds is 2. The number of hydrogen-bond donors (Lipinski definition) is 2. The van der Waals surface area contributed by atoms with Crippen molar-refractivity contribution in [3.8, 4) is 0 Å². The number of halogens is 1. The molecule has 2 N–H and O–H groups in total. The van der Waals surface area contributed by atoms with Crippen molar-refractivity contribution in [3.05, 3.63) is 60.4 Å². The number of amides is 2. The van der Waals surface area contributed by atoms with Crippen LogP contribution < -0.4 is 10.6 Å². The molecule has 0 saturated carbocycles. The van der Waals surface area contributed by atoms with Gasteiger partial charge in [0.15, 0.2) is 5.11 Å². The summed E-state index contributed by atoms with van der Waals surface area (Å²) in [6.07, 6.45) is 0. The molecule has 1 saturated heterocycles. The summed E-state index contributed by atoms with van der Waals surface area (Å²) in [6.45, 7) is 2.31. The van der Waals surface area contributed by atoms with Crippen molar-refractivity contribution in [2.75, 3.05) is 36.8 Å². The lowest BCUT2D eigenvalue weighted by Gasteiger charge is -2.36. The quantitative estimate of drug-likeness (QED) is 0.808. The van der Waals surface area contributed by atoms with Gasteiger partial charge in [-0.2, -0.15) is 0 Å². The van der Waals surface area contributed by atoms with Crippen LogP contribution in [0.15, 0.2) is 54.6 Å². The second kappa shape index (κ2) is 7.94. The van der Waals surface area contributed by atoms with E-state index in [-0.39, 0.29) is 11.8 Å². The SMILES string of the molecule is O=C(Nc1ccccc1)N1CCN(C(=S)Nc2ccccc2F)CC1. The highest BCUT2D eigenvalue weighted by Crippen LogP contribution is 2.14. The molecule has 1 heterocycles. The van der Waals surface area contributed by atoms with Crippen molar-refractivity contribution in [1.82, 2.24) is 9.80 Å². The molecule has 2 amide bonds. The Balaban J connectivity index is 1.50. The Morgan fingerprint density at radius 1 is 0.880 bits per heavy atom. The molecule has 0 radical (unpaired) electrons. The maximum atomic E-state index is 13.7. The van der Waals surface area contributed by atoms with Crippen molar-refractivity contribution in [2.45, 2.75) is 0 Å². The minimum absolute atomic E-state index is 0.126. The molecule has 2 aromatic rings. The van der Waals surface area contributed by atoms with Crippen LogP contribution in [0.1, 0.15) is 0 Å². The van der Waals surface area contributed by atoms with Crippen LogP contribution in [0, 0.1) is 5.82 Å². The third-order valence-corrected chi connectivity index (χ3v) is 4.35. The Kier molecular flexibility index (Phi) is 5.45. The van der Waals surface area contributed by atoms with Gasteiger partial charge in [0.05, 0.1) is 5.69 Å². The maximum absolute atomic E-state index is 13.7. The number of urea groups is 1. The van der Waals surface area contributed by atoms with Gasteiger partial charge in [-0.1, -0.05) is 30.3 Å². The zero-order valence-electron chi connectivity index (χ0n) is 13.6. The summed E-state index contributed by atoms with van der Waals surface area (Å²) in [6, 6.07) is 15.6. The lowest BCUT2D eigenvalue weighted by Crippen LogP contribution is -2.52. The van der Waals surface area contributed by atoms with E-state index in [1.165, 1.54) is 6.07 Å². The number of nitrogens with one attached hydrogen (secondary N) is 2. The molecule has 1 aliphatic rings. The Labute approximate surface area is 151 Å². The predicted molar refractivity (Wildman–Crippen MR) is 101 cm³/mol. The minimum atomic E-state index is -0.342. The van der Waals surface area contributed by atoms with Crippen LogP contribution in [0.4, 0.5) is 20.6 Å². The van der Waals surface area contributed by atoms with Gasteiger partial charge in [0.2, 0.25) is 0 Å². The van der Waals surface area contributed by atoms with E-state index in [1.807, 2.05) is 35.2 Å². The zero-order chi connectivity index (χ0) is 17.6. The number of benzene rings is 2. The third-order valence-electron chi connectivity index (χ3n) is 3.99. The summed E-state index contributed by atoms with van der Waals surface area (Å²) in [5, 5.41) is 6.27. The van der Waals surface area contributed by atoms with Crippen LogP contribution in [0.25, 0.3) is 0 Å². The second-order valence-corrected chi connectivity index (χ2v) is 6.07. The Morgan fingerprint density at radius 2 is 1.48 bits per heavy atom. The summed E-state index contributed by atoms with van der Waals surface area (Å²) in [5.41, 5.74) is 1.13. The van der Waals surface area contributed by atoms with Gasteiger partial charge in [-0.25, -0.2) is 9.18 Å². The summed E-state index contributed by atoms with van der Waals surface area (Å²) in [7, 11) is 0. The van der Waals surface area contributed by atoms with Crippen molar-refractivity contribution >= 4 is 34.7 Å². The van der Waals surface area contributed by atoms with Gasteiger partial charge in [-0.3, -0.25) is 0 Å². The van der Waals surface area contributed by atoms with E-state index in [9.17, 15) is 9.18 Å². The average Bonchev–Trinajstić information content (AvgIpc) is 2.64. The highest BCUT2D eigenvalue weighted by molar-refractivity contribution is 7.80. The van der Waals surface area contributed by atoms with Gasteiger partial charge in [0.25, 0.3) is 0 Å². The lowest BCUT2D eigenvalue weighted by atomic mass is 10.3. The lowest BCUT2D eigenvalue weighted by molar-refractivity contribution is 0.182. The molecule has 25 heavy (non-hydrogen) atoms. The second-order valence-electron chi connectivity index (χ2n) is 5.68. The van der Waals surface area contributed by atoms with E-state index in [0.717, 1.165) is 5.69 Å². The van der Waals surface area contributed by atoms with Crippen molar-refractivity contribution in [3.63, 3.8) is 0 Å². The predicted octanol–water partition coefficient (Wildman–Crippen LogP) is 3.37. The zero-order valence-corrected chi connectivity index (χ0v) is 14.4. The summed E-state index contributed by atoms with van der Waals surface area (Å²) < 4.78 is 13.7. The minimum Gasteiger partial charge on any atom is -0.345 e. The molecule has 0 bridgehead atoms. The number of carbonyl (C=O) groups excluding carboxylic acids is 1. The number of anilines is 2. The van der Waals surface area contributed by atoms with Gasteiger partial charge in [-0.15, -0.1) is 0 Å². The van der Waals surface area contributed by atoms with Gasteiger partial charge < -0.3 is 20.4 Å². The van der Waals surface area contributed by atoms with E-state index >= 15 is 0 Å². The molecule has 0 spiro atoms. The first-order chi connectivity index (χ1) is 12.1. The summed E-state index contributed by atoms with van der Waals surface area (Å²) in [4.78, 5) is 16.0. The topological polar surface area (TPSA) is 47.6 Å². The van der Waals surface area contributed by atoms with Gasteiger partial charge in [0, 0.05) is 31.9 Å². The molecule has 7 heteroatoms. The summed E-state index contributed by atoms with van der Waals surface area (Å²) >= 11 is 5.35. The van der Waals surface area contributed by atoms with E-state index in [2.05, 4.69) is 10.6 Å². The first-order valence-corrected chi connectivity index (χ1v) is 8.46. The molecule has 0 unspecified atom stereocenters. The van der Waals surface area contributed by atoms with E-state index in [1.54, 1.807) is 23.1 Å². The molecule has 0 aliphatic carbocycles. The average molecular weight is 358 g/mol. The van der Waals surface area contributed by atoms with Crippen LogP contribution in [0.5, 0.6) is 0 Å². The van der Waals surface area contributed by atoms with Crippen molar-refractivity contribution in [2.24, 2.45) is 0 Å². The third kappa shape index (κ3) is 4.45. The number of para-hydroxylation sites is 2. The standard InChI is InChI=1S/C18H19FN4OS/c19-15-8-4-5-9-16(15)21-18(25)23-12-10-22(11-13-23)17(24)20-14-6-2-1-3-7-14/h1-9H,10-13H2,(H,20,24)(H,21,25). The fraction of sp³-hybridized carbons (Fsp3) is 0.222. The van der Waals surface area contributed by atoms with Crippen LogP contribution in [-0.2, 0) is 0 Å².